The highest BCUT2D eigenvalue weighted by Crippen LogP contribution is 2.23. The second-order valence-corrected chi connectivity index (χ2v) is 4.71. The number of fused-ring (bicyclic) bond motifs is 1. The van der Waals surface area contributed by atoms with Gasteiger partial charge in [0.05, 0.1) is 24.2 Å². The molecule has 1 unspecified atom stereocenters. The van der Waals surface area contributed by atoms with E-state index >= 15 is 0 Å². The average molecular weight is 271 g/mol. The van der Waals surface area contributed by atoms with Gasteiger partial charge in [-0.1, -0.05) is 0 Å². The molecule has 8 heteroatoms. The van der Waals surface area contributed by atoms with Crippen molar-refractivity contribution in [1.82, 2.24) is 9.97 Å². The largest absolute Gasteiger partial charge is 0.390 e. The van der Waals surface area contributed by atoms with Gasteiger partial charge in [-0.15, -0.1) is 0 Å². The smallest absolute Gasteiger partial charge is 0.181 e. The molecule has 2 aliphatic rings. The molecule has 0 saturated heterocycles. The molecule has 0 radical (unpaired) electrons. The molecule has 1 aromatic rings. The molecule has 3 N–H and O–H groups in total. The van der Waals surface area contributed by atoms with E-state index in [0.717, 1.165) is 0 Å². The van der Waals surface area contributed by atoms with Crippen molar-refractivity contribution in [3.05, 3.63) is 23.8 Å². The molecule has 1 atom stereocenters. The van der Waals surface area contributed by atoms with E-state index in [1.54, 1.807) is 6.20 Å². The van der Waals surface area contributed by atoms with Crippen molar-refractivity contribution in [2.45, 2.75) is 25.6 Å². The van der Waals surface area contributed by atoms with Crippen molar-refractivity contribution >= 4 is 23.7 Å². The lowest BCUT2D eigenvalue weighted by Gasteiger charge is -2.25. The number of nitrogens with zero attached hydrogens (tertiary/aromatic N) is 6. The van der Waals surface area contributed by atoms with E-state index in [1.807, 2.05) is 6.92 Å². The predicted molar refractivity (Wildman–Crippen MR) is 75.0 cm³/mol. The topological polar surface area (TPSA) is 121 Å². The number of aliphatic hydroxyl groups excluding tert-OH is 1. The van der Waals surface area contributed by atoms with E-state index in [2.05, 4.69) is 29.9 Å². The zero-order valence-electron chi connectivity index (χ0n) is 10.9. The number of aliphatic imine (C=N–C) groups is 4. The second kappa shape index (κ2) is 4.57. The summed E-state index contributed by atoms with van der Waals surface area (Å²) in [7, 11) is 0. The zero-order valence-corrected chi connectivity index (χ0v) is 10.9. The molecule has 8 nitrogen and oxygen atoms in total. The molecule has 0 bridgehead atoms. The minimum Gasteiger partial charge on any atom is -0.390 e. The Labute approximate surface area is 114 Å². The first-order valence-corrected chi connectivity index (χ1v) is 6.06. The van der Waals surface area contributed by atoms with E-state index in [4.69, 9.17) is 10.8 Å². The van der Waals surface area contributed by atoms with Gasteiger partial charge in [0.2, 0.25) is 0 Å². The molecule has 102 valence electrons. The number of aliphatic hydroxyl groups is 1. The summed E-state index contributed by atoms with van der Waals surface area (Å²) >= 11 is 0. The zero-order chi connectivity index (χ0) is 14.2. The quantitative estimate of drug-likeness (QED) is 0.768. The van der Waals surface area contributed by atoms with Crippen LogP contribution in [0.25, 0.3) is 0 Å². The van der Waals surface area contributed by atoms with Crippen LogP contribution in [0.3, 0.4) is 0 Å². The van der Waals surface area contributed by atoms with Crippen LogP contribution in [0.1, 0.15) is 18.3 Å². The van der Waals surface area contributed by atoms with E-state index in [9.17, 15) is 0 Å². The molecule has 0 aliphatic carbocycles. The molecule has 0 fully saturated rings. The maximum absolute atomic E-state index is 9.08. The Morgan fingerprint density at radius 1 is 1.25 bits per heavy atom. The van der Waals surface area contributed by atoms with Crippen molar-refractivity contribution in [3.63, 3.8) is 0 Å². The van der Waals surface area contributed by atoms with E-state index in [-0.39, 0.29) is 6.61 Å². The van der Waals surface area contributed by atoms with E-state index < -0.39 is 5.66 Å². The average Bonchev–Trinajstić information content (AvgIpc) is 2.86. The fraction of sp³-hybridized carbons (Fsp3) is 0.333. The summed E-state index contributed by atoms with van der Waals surface area (Å²) < 4.78 is 0. The van der Waals surface area contributed by atoms with Crippen LogP contribution in [0.2, 0.25) is 0 Å². The number of aromatic nitrogens is 2. The lowest BCUT2D eigenvalue weighted by molar-refractivity contribution is 0.275. The highest BCUT2D eigenvalue weighted by molar-refractivity contribution is 6.70. The molecule has 0 saturated carbocycles. The van der Waals surface area contributed by atoms with Gasteiger partial charge in [0, 0.05) is 12.6 Å². The van der Waals surface area contributed by atoms with Gasteiger partial charge in [0.1, 0.15) is 6.34 Å². The molecule has 2 aliphatic heterocycles. The van der Waals surface area contributed by atoms with Crippen LogP contribution in [0.5, 0.6) is 0 Å². The van der Waals surface area contributed by atoms with Crippen LogP contribution < -0.4 is 5.73 Å². The van der Waals surface area contributed by atoms with Gasteiger partial charge in [0.15, 0.2) is 23.0 Å². The minimum absolute atomic E-state index is 0.154. The first-order valence-electron chi connectivity index (χ1n) is 6.06. The first kappa shape index (κ1) is 12.5. The molecule has 3 rings (SSSR count). The molecule has 20 heavy (non-hydrogen) atoms. The molecule has 1 aromatic heterocycles. The lowest BCUT2D eigenvalue weighted by atomic mass is 10.1. The lowest BCUT2D eigenvalue weighted by Crippen LogP contribution is -2.40. The number of rotatable bonds is 3. The van der Waals surface area contributed by atoms with Crippen molar-refractivity contribution in [2.24, 2.45) is 25.7 Å². The van der Waals surface area contributed by atoms with Crippen LogP contribution in [-0.2, 0) is 13.0 Å². The minimum atomic E-state index is -0.789. The highest BCUT2D eigenvalue weighted by Gasteiger charge is 2.33. The Balaban J connectivity index is 1.91. The Morgan fingerprint density at radius 3 is 2.85 bits per heavy atom. The van der Waals surface area contributed by atoms with Crippen LogP contribution in [0.4, 0.5) is 0 Å². The van der Waals surface area contributed by atoms with Gasteiger partial charge < -0.3 is 10.8 Å². The van der Waals surface area contributed by atoms with Crippen molar-refractivity contribution < 1.29 is 5.11 Å². The molecular formula is C12H13N7O. The van der Waals surface area contributed by atoms with Crippen LogP contribution in [0.15, 0.2) is 32.4 Å². The Kier molecular flexibility index (Phi) is 2.87. The van der Waals surface area contributed by atoms with Gasteiger partial charge in [-0.2, -0.15) is 0 Å². The van der Waals surface area contributed by atoms with Crippen molar-refractivity contribution in [1.29, 1.82) is 0 Å². The summed E-state index contributed by atoms with van der Waals surface area (Å²) in [4.78, 5) is 25.2. The summed E-state index contributed by atoms with van der Waals surface area (Å²) in [5, 5.41) is 9.08. The summed E-state index contributed by atoms with van der Waals surface area (Å²) in [6.07, 6.45) is 4.97. The maximum Gasteiger partial charge on any atom is 0.181 e. The second-order valence-electron chi connectivity index (χ2n) is 4.71. The van der Waals surface area contributed by atoms with E-state index in [0.29, 0.717) is 35.2 Å². The third-order valence-corrected chi connectivity index (χ3v) is 2.94. The summed E-state index contributed by atoms with van der Waals surface area (Å²) in [6.45, 7) is 1.68. The van der Waals surface area contributed by atoms with Gasteiger partial charge in [-0.05, 0) is 6.92 Å². The fourth-order valence-corrected chi connectivity index (χ4v) is 2.12. The third kappa shape index (κ3) is 2.21. The van der Waals surface area contributed by atoms with Crippen LogP contribution >= 0.6 is 0 Å². The molecule has 0 spiro atoms. The number of amidine groups is 2. The van der Waals surface area contributed by atoms with Crippen molar-refractivity contribution in [2.75, 3.05) is 0 Å². The predicted octanol–water partition coefficient (Wildman–Crippen LogP) is -0.520. The highest BCUT2D eigenvalue weighted by atomic mass is 16.3. The van der Waals surface area contributed by atoms with Gasteiger partial charge in [0.25, 0.3) is 0 Å². The number of hydrogen-bond donors (Lipinski definition) is 2. The van der Waals surface area contributed by atoms with E-state index in [1.165, 1.54) is 12.5 Å². The SMILES string of the molecule is CC1(Cc2cncc(CO)n2)N=C(N)C2=NC=NC2=N1. The van der Waals surface area contributed by atoms with Crippen molar-refractivity contribution in [3.8, 4) is 0 Å². The maximum atomic E-state index is 9.08. The number of hydrogen-bond acceptors (Lipinski definition) is 8. The van der Waals surface area contributed by atoms with Crippen LogP contribution in [-0.4, -0.2) is 44.5 Å². The Bertz CT molecular complexity index is 676. The fourth-order valence-electron chi connectivity index (χ4n) is 2.12. The molecule has 0 aromatic carbocycles. The Hall–Kier alpha value is -2.48. The molecular weight excluding hydrogens is 258 g/mol. The first-order chi connectivity index (χ1) is 9.59. The van der Waals surface area contributed by atoms with Gasteiger partial charge >= 0.3 is 0 Å². The summed E-state index contributed by atoms with van der Waals surface area (Å²) in [6, 6.07) is 0. The Morgan fingerprint density at radius 2 is 2.05 bits per heavy atom. The normalized spacial score (nSPS) is 24.0. The standard InChI is InChI=1S/C12H13N7O/c1-12(2-7-3-14-4-8(5-20)17-7)18-10(13)9-11(19-12)16-6-15-9/h3-4,6,20H,2,5H2,1H3,(H2,13,18). The third-order valence-electron chi connectivity index (χ3n) is 2.94. The van der Waals surface area contributed by atoms with Gasteiger partial charge in [-0.3, -0.25) is 9.97 Å². The molecule has 0 amide bonds. The summed E-state index contributed by atoms with van der Waals surface area (Å²) in [5.74, 6) is 0.813. The molecule has 3 heterocycles. The monoisotopic (exact) mass is 271 g/mol. The number of nitrogens with two attached hydrogens (primary N) is 1. The van der Waals surface area contributed by atoms with Gasteiger partial charge in [-0.25, -0.2) is 20.0 Å². The van der Waals surface area contributed by atoms with Crippen LogP contribution in [0, 0.1) is 0 Å². The summed E-state index contributed by atoms with van der Waals surface area (Å²) in [5.41, 5.74) is 6.80.